The van der Waals surface area contributed by atoms with Gasteiger partial charge in [-0.3, -0.25) is 4.79 Å². The average Bonchev–Trinajstić information content (AvgIpc) is 2.41. The monoisotopic (exact) mass is 299 g/mol. The van der Waals surface area contributed by atoms with Crippen LogP contribution >= 0.6 is 23.4 Å². The number of fused-ring (bicyclic) bond motifs is 1. The average molecular weight is 300 g/mol. The second-order valence-corrected chi connectivity index (χ2v) is 6.09. The molecule has 1 aromatic rings. The number of hydrogen-bond acceptors (Lipinski definition) is 3. The van der Waals surface area contributed by atoms with Gasteiger partial charge in [-0.05, 0) is 36.6 Å². The number of carbonyl (C=O) groups excluding carboxylic acids is 1. The molecule has 5 heteroatoms. The Labute approximate surface area is 123 Å². The normalized spacial score (nSPS) is 19.6. The lowest BCUT2D eigenvalue weighted by Gasteiger charge is -2.27. The van der Waals surface area contributed by atoms with Crippen LogP contribution in [0.15, 0.2) is 23.1 Å². The van der Waals surface area contributed by atoms with Crippen LogP contribution in [0.1, 0.15) is 31.4 Å². The van der Waals surface area contributed by atoms with Crippen LogP contribution in [-0.4, -0.2) is 24.9 Å². The predicted molar refractivity (Wildman–Crippen MR) is 78.8 cm³/mol. The fourth-order valence-corrected chi connectivity index (χ4v) is 3.53. The second kappa shape index (κ2) is 6.64. The highest BCUT2D eigenvalue weighted by atomic mass is 35.5. The number of amides is 1. The van der Waals surface area contributed by atoms with Crippen LogP contribution in [0.4, 0.5) is 0 Å². The topological polar surface area (TPSA) is 38.3 Å². The van der Waals surface area contributed by atoms with Gasteiger partial charge in [0, 0.05) is 22.8 Å². The first-order chi connectivity index (χ1) is 9.15. The van der Waals surface area contributed by atoms with Crippen LogP contribution < -0.4 is 5.32 Å². The van der Waals surface area contributed by atoms with E-state index in [-0.39, 0.29) is 18.1 Å². The molecule has 0 saturated carbocycles. The number of methoxy groups -OCH3 is 1. The summed E-state index contributed by atoms with van der Waals surface area (Å²) in [5, 5.41) is 3.78. The highest BCUT2D eigenvalue weighted by molar-refractivity contribution is 7.99. The van der Waals surface area contributed by atoms with Crippen molar-refractivity contribution in [3.63, 3.8) is 0 Å². The number of nitrogens with one attached hydrogen (secondary N) is 1. The van der Waals surface area contributed by atoms with Crippen LogP contribution in [0.2, 0.25) is 5.02 Å². The van der Waals surface area contributed by atoms with Crippen LogP contribution in [0.3, 0.4) is 0 Å². The quantitative estimate of drug-likeness (QED) is 0.926. The van der Waals surface area contributed by atoms with Gasteiger partial charge >= 0.3 is 0 Å². The molecule has 0 fully saturated rings. The number of carbonyl (C=O) groups is 1. The molecule has 104 valence electrons. The number of thioether (sulfide) groups is 1. The van der Waals surface area contributed by atoms with Crippen LogP contribution in [0.25, 0.3) is 0 Å². The lowest BCUT2D eigenvalue weighted by Crippen LogP contribution is -2.38. The molecule has 1 aliphatic heterocycles. The molecular formula is C14H18ClNO2S. The third-order valence-electron chi connectivity index (χ3n) is 3.28. The SMILES string of the molecule is CCC(OC)C(=O)NC1CCSc2ccc(Cl)cc21. The molecule has 2 atom stereocenters. The van der Waals surface area contributed by atoms with E-state index in [0.717, 1.165) is 17.7 Å². The molecule has 0 aromatic heterocycles. The highest BCUT2D eigenvalue weighted by Crippen LogP contribution is 2.37. The van der Waals surface area contributed by atoms with E-state index in [0.29, 0.717) is 11.4 Å². The van der Waals surface area contributed by atoms with E-state index in [1.54, 1.807) is 18.9 Å². The van der Waals surface area contributed by atoms with Gasteiger partial charge in [0.15, 0.2) is 0 Å². The summed E-state index contributed by atoms with van der Waals surface area (Å²) >= 11 is 7.86. The predicted octanol–water partition coefficient (Wildman–Crippen LogP) is 3.42. The maximum absolute atomic E-state index is 12.1. The highest BCUT2D eigenvalue weighted by Gasteiger charge is 2.25. The van der Waals surface area contributed by atoms with E-state index >= 15 is 0 Å². The van der Waals surface area contributed by atoms with Gasteiger partial charge in [-0.25, -0.2) is 0 Å². The third kappa shape index (κ3) is 3.44. The van der Waals surface area contributed by atoms with Crippen LogP contribution in [0, 0.1) is 0 Å². The van der Waals surface area contributed by atoms with Gasteiger partial charge in [0.2, 0.25) is 5.91 Å². The Kier molecular flexibility index (Phi) is 5.13. The zero-order valence-corrected chi connectivity index (χ0v) is 12.7. The van der Waals surface area contributed by atoms with Gasteiger partial charge in [-0.2, -0.15) is 0 Å². The Morgan fingerprint density at radius 3 is 3.11 bits per heavy atom. The molecule has 2 rings (SSSR count). The Morgan fingerprint density at radius 1 is 1.63 bits per heavy atom. The summed E-state index contributed by atoms with van der Waals surface area (Å²) in [5.74, 6) is 0.955. The van der Waals surface area contributed by atoms with Crippen molar-refractivity contribution in [3.8, 4) is 0 Å². The van der Waals surface area contributed by atoms with Crippen molar-refractivity contribution >= 4 is 29.3 Å². The van der Waals surface area contributed by atoms with Gasteiger partial charge < -0.3 is 10.1 Å². The van der Waals surface area contributed by atoms with Crippen LogP contribution in [0.5, 0.6) is 0 Å². The molecule has 1 amide bonds. The van der Waals surface area contributed by atoms with Gasteiger partial charge in [0.1, 0.15) is 6.10 Å². The molecule has 0 saturated heterocycles. The van der Waals surface area contributed by atoms with E-state index in [4.69, 9.17) is 16.3 Å². The molecule has 2 unspecified atom stereocenters. The van der Waals surface area contributed by atoms with Gasteiger partial charge in [-0.15, -0.1) is 11.8 Å². The Morgan fingerprint density at radius 2 is 2.42 bits per heavy atom. The molecule has 1 N–H and O–H groups in total. The Balaban J connectivity index is 2.15. The maximum Gasteiger partial charge on any atom is 0.249 e. The Bertz CT molecular complexity index is 463. The van der Waals surface area contributed by atoms with Crippen molar-refractivity contribution in [2.24, 2.45) is 0 Å². The third-order valence-corrected chi connectivity index (χ3v) is 4.63. The summed E-state index contributed by atoms with van der Waals surface area (Å²) in [4.78, 5) is 13.3. The van der Waals surface area contributed by atoms with Crippen LogP contribution in [-0.2, 0) is 9.53 Å². The summed E-state index contributed by atoms with van der Waals surface area (Å²) in [6.07, 6.45) is 1.22. The fraction of sp³-hybridized carbons (Fsp3) is 0.500. The number of benzene rings is 1. The molecule has 19 heavy (non-hydrogen) atoms. The van der Waals surface area contributed by atoms with E-state index < -0.39 is 0 Å². The zero-order valence-electron chi connectivity index (χ0n) is 11.1. The van der Waals surface area contributed by atoms with Crippen molar-refractivity contribution in [2.45, 2.75) is 36.8 Å². The Hall–Kier alpha value is -0.710. The first-order valence-corrected chi connectivity index (χ1v) is 7.77. The van der Waals surface area contributed by atoms with E-state index in [2.05, 4.69) is 5.32 Å². The number of hydrogen-bond donors (Lipinski definition) is 1. The molecule has 0 bridgehead atoms. The molecule has 1 aliphatic rings. The van der Waals surface area contributed by atoms with E-state index in [9.17, 15) is 4.79 Å². The first-order valence-electron chi connectivity index (χ1n) is 6.41. The summed E-state index contributed by atoms with van der Waals surface area (Å²) in [6.45, 7) is 1.94. The standard InChI is InChI=1S/C14H18ClNO2S/c1-3-12(18-2)14(17)16-11-6-7-19-13-5-4-9(15)8-10(11)13/h4-5,8,11-12H,3,6-7H2,1-2H3,(H,16,17). The number of halogens is 1. The van der Waals surface area contributed by atoms with E-state index in [1.807, 2.05) is 25.1 Å². The number of ether oxygens (including phenoxy) is 1. The fourth-order valence-electron chi connectivity index (χ4n) is 2.24. The van der Waals surface area contributed by atoms with Crippen molar-refractivity contribution in [3.05, 3.63) is 28.8 Å². The lowest BCUT2D eigenvalue weighted by atomic mass is 10.0. The minimum absolute atomic E-state index is 0.0339. The molecule has 0 radical (unpaired) electrons. The van der Waals surface area contributed by atoms with Gasteiger partial charge in [0.25, 0.3) is 0 Å². The number of rotatable bonds is 4. The summed E-state index contributed by atoms with van der Waals surface area (Å²) in [5.41, 5.74) is 1.11. The molecular weight excluding hydrogens is 282 g/mol. The summed E-state index contributed by atoms with van der Waals surface area (Å²) in [6, 6.07) is 5.89. The van der Waals surface area contributed by atoms with Crippen molar-refractivity contribution < 1.29 is 9.53 Å². The van der Waals surface area contributed by atoms with Crippen molar-refractivity contribution in [2.75, 3.05) is 12.9 Å². The van der Waals surface area contributed by atoms with Gasteiger partial charge in [-0.1, -0.05) is 18.5 Å². The maximum atomic E-state index is 12.1. The van der Waals surface area contributed by atoms with Gasteiger partial charge in [0.05, 0.1) is 6.04 Å². The lowest BCUT2D eigenvalue weighted by molar-refractivity contribution is -0.132. The van der Waals surface area contributed by atoms with Crippen molar-refractivity contribution in [1.82, 2.24) is 5.32 Å². The smallest absolute Gasteiger partial charge is 0.249 e. The molecule has 1 heterocycles. The minimum atomic E-state index is -0.378. The van der Waals surface area contributed by atoms with E-state index in [1.165, 1.54) is 4.90 Å². The molecule has 0 spiro atoms. The second-order valence-electron chi connectivity index (χ2n) is 4.51. The summed E-state index contributed by atoms with van der Waals surface area (Å²) < 4.78 is 5.17. The van der Waals surface area contributed by atoms with Crippen molar-refractivity contribution in [1.29, 1.82) is 0 Å². The zero-order chi connectivity index (χ0) is 13.8. The molecule has 1 aromatic carbocycles. The molecule has 0 aliphatic carbocycles. The first kappa shape index (κ1) is 14.7. The molecule has 3 nitrogen and oxygen atoms in total. The summed E-state index contributed by atoms with van der Waals surface area (Å²) in [7, 11) is 1.56. The minimum Gasteiger partial charge on any atom is -0.372 e. The largest absolute Gasteiger partial charge is 0.372 e.